The normalized spacial score (nSPS) is 11.8. The number of benzene rings is 2. The van der Waals surface area contributed by atoms with Crippen molar-refractivity contribution in [2.24, 2.45) is 0 Å². The zero-order valence-electron chi connectivity index (χ0n) is 13.7. The summed E-state index contributed by atoms with van der Waals surface area (Å²) in [6.45, 7) is 2.25. The number of nitrogens with one attached hydrogen (secondary N) is 1. The van der Waals surface area contributed by atoms with Crippen LogP contribution < -0.4 is 10.1 Å². The van der Waals surface area contributed by atoms with E-state index in [9.17, 15) is 9.18 Å². The number of hydrogen-bond acceptors (Lipinski definition) is 3. The summed E-state index contributed by atoms with van der Waals surface area (Å²) in [5.41, 5.74) is 1.36. The van der Waals surface area contributed by atoms with E-state index in [4.69, 9.17) is 9.84 Å². The van der Waals surface area contributed by atoms with Gasteiger partial charge in [0.25, 0.3) is 5.91 Å². The van der Waals surface area contributed by atoms with Crippen LogP contribution in [0, 0.1) is 5.82 Å². The molecular weight excluding hydrogens is 309 g/mol. The third-order valence-electron chi connectivity index (χ3n) is 3.70. The summed E-state index contributed by atoms with van der Waals surface area (Å²) in [6.07, 6.45) is 1.29. The Kier molecular flexibility index (Phi) is 6.75. The second kappa shape index (κ2) is 9.03. The summed E-state index contributed by atoms with van der Waals surface area (Å²) in [7, 11) is 0. The van der Waals surface area contributed by atoms with Gasteiger partial charge in [0, 0.05) is 24.3 Å². The fraction of sp³-hybridized carbons (Fsp3) is 0.316. The Hall–Kier alpha value is -2.40. The number of rotatable bonds is 8. The standard InChI is InChI=1S/C19H22FNO3/c1-2-17(9-10-22)21-19(23)15-6-3-5-14(11-15)13-24-18-8-4-7-16(20)12-18/h3-8,11-12,17,22H,2,9-10,13H2,1H3,(H,21,23). The largest absolute Gasteiger partial charge is 0.489 e. The minimum atomic E-state index is -0.352. The molecule has 5 heteroatoms. The van der Waals surface area contributed by atoms with E-state index in [0.29, 0.717) is 17.7 Å². The topological polar surface area (TPSA) is 58.6 Å². The summed E-state index contributed by atoms with van der Waals surface area (Å²) in [5.74, 6) is -0.0862. The number of halogens is 1. The molecule has 0 spiro atoms. The summed E-state index contributed by atoms with van der Waals surface area (Å²) in [6, 6.07) is 13.0. The van der Waals surface area contributed by atoms with Crippen molar-refractivity contribution in [2.75, 3.05) is 6.61 Å². The van der Waals surface area contributed by atoms with Gasteiger partial charge in [0.1, 0.15) is 18.2 Å². The lowest BCUT2D eigenvalue weighted by molar-refractivity contribution is 0.0929. The first kappa shape index (κ1) is 17.9. The van der Waals surface area contributed by atoms with E-state index in [2.05, 4.69) is 5.32 Å². The average Bonchev–Trinajstić information content (AvgIpc) is 2.60. The molecule has 1 atom stereocenters. The molecule has 2 N–H and O–H groups in total. The van der Waals surface area contributed by atoms with Crippen molar-refractivity contribution in [1.29, 1.82) is 0 Å². The molecule has 1 unspecified atom stereocenters. The van der Waals surface area contributed by atoms with Crippen LogP contribution in [0.1, 0.15) is 35.7 Å². The van der Waals surface area contributed by atoms with Crippen LogP contribution in [0.25, 0.3) is 0 Å². The van der Waals surface area contributed by atoms with Crippen molar-refractivity contribution in [3.05, 3.63) is 65.5 Å². The first-order valence-electron chi connectivity index (χ1n) is 8.01. The van der Waals surface area contributed by atoms with Crippen molar-refractivity contribution in [1.82, 2.24) is 5.32 Å². The molecule has 128 valence electrons. The predicted molar refractivity (Wildman–Crippen MR) is 90.4 cm³/mol. The van der Waals surface area contributed by atoms with E-state index < -0.39 is 0 Å². The van der Waals surface area contributed by atoms with Gasteiger partial charge in [-0.2, -0.15) is 0 Å². The van der Waals surface area contributed by atoms with E-state index in [-0.39, 0.29) is 31.0 Å². The molecule has 0 fully saturated rings. The van der Waals surface area contributed by atoms with Crippen molar-refractivity contribution in [2.45, 2.75) is 32.4 Å². The second-order valence-corrected chi connectivity index (χ2v) is 5.54. The van der Waals surface area contributed by atoms with Crippen LogP contribution >= 0.6 is 0 Å². The molecule has 0 saturated carbocycles. The van der Waals surface area contributed by atoms with Crippen molar-refractivity contribution >= 4 is 5.91 Å². The fourth-order valence-corrected chi connectivity index (χ4v) is 2.33. The second-order valence-electron chi connectivity index (χ2n) is 5.54. The van der Waals surface area contributed by atoms with Crippen LogP contribution in [-0.2, 0) is 6.61 Å². The van der Waals surface area contributed by atoms with Gasteiger partial charge in [-0.15, -0.1) is 0 Å². The van der Waals surface area contributed by atoms with Crippen LogP contribution in [0.2, 0.25) is 0 Å². The molecule has 0 heterocycles. The first-order valence-corrected chi connectivity index (χ1v) is 8.01. The molecule has 0 radical (unpaired) electrons. The van der Waals surface area contributed by atoms with Gasteiger partial charge in [0.15, 0.2) is 0 Å². The monoisotopic (exact) mass is 331 g/mol. The number of ether oxygens (including phenoxy) is 1. The Morgan fingerprint density at radius 2 is 2.04 bits per heavy atom. The lowest BCUT2D eigenvalue weighted by Crippen LogP contribution is -2.35. The van der Waals surface area contributed by atoms with Gasteiger partial charge in [-0.05, 0) is 42.7 Å². The maximum Gasteiger partial charge on any atom is 0.251 e. The highest BCUT2D eigenvalue weighted by atomic mass is 19.1. The van der Waals surface area contributed by atoms with Crippen molar-refractivity contribution < 1.29 is 19.0 Å². The van der Waals surface area contributed by atoms with Gasteiger partial charge in [-0.25, -0.2) is 4.39 Å². The third kappa shape index (κ3) is 5.35. The molecule has 1 amide bonds. The zero-order chi connectivity index (χ0) is 17.4. The van der Waals surface area contributed by atoms with Crippen LogP contribution in [0.3, 0.4) is 0 Å². The molecular formula is C19H22FNO3. The molecule has 2 aromatic rings. The lowest BCUT2D eigenvalue weighted by Gasteiger charge is -2.16. The van der Waals surface area contributed by atoms with Crippen LogP contribution in [-0.4, -0.2) is 23.7 Å². The van der Waals surface area contributed by atoms with Gasteiger partial charge in [-0.1, -0.05) is 25.1 Å². The molecule has 0 bridgehead atoms. The minimum Gasteiger partial charge on any atom is -0.489 e. The first-order chi connectivity index (χ1) is 11.6. The average molecular weight is 331 g/mol. The Bertz CT molecular complexity index is 675. The summed E-state index contributed by atoms with van der Waals surface area (Å²) in [5, 5.41) is 11.9. The lowest BCUT2D eigenvalue weighted by atomic mass is 10.1. The number of amides is 1. The Morgan fingerprint density at radius 1 is 1.25 bits per heavy atom. The van der Waals surface area contributed by atoms with Gasteiger partial charge in [0.05, 0.1) is 0 Å². The predicted octanol–water partition coefficient (Wildman–Crippen LogP) is 3.30. The minimum absolute atomic E-state index is 0.0420. The van der Waals surface area contributed by atoms with Crippen LogP contribution in [0.15, 0.2) is 48.5 Å². The van der Waals surface area contributed by atoms with Gasteiger partial charge in [0.2, 0.25) is 0 Å². The maximum atomic E-state index is 13.1. The highest BCUT2D eigenvalue weighted by Gasteiger charge is 2.12. The van der Waals surface area contributed by atoms with Crippen molar-refractivity contribution in [3.63, 3.8) is 0 Å². The maximum absolute atomic E-state index is 13.1. The van der Waals surface area contributed by atoms with E-state index in [0.717, 1.165) is 12.0 Å². The molecule has 4 nitrogen and oxygen atoms in total. The molecule has 2 rings (SSSR count). The van der Waals surface area contributed by atoms with E-state index in [1.165, 1.54) is 12.1 Å². The summed E-state index contributed by atoms with van der Waals surface area (Å²) >= 11 is 0. The summed E-state index contributed by atoms with van der Waals surface area (Å²) in [4.78, 5) is 12.3. The van der Waals surface area contributed by atoms with Crippen LogP contribution in [0.5, 0.6) is 5.75 Å². The number of aliphatic hydroxyl groups excluding tert-OH is 1. The number of carbonyl (C=O) groups excluding carboxylic acids is 1. The quantitative estimate of drug-likeness (QED) is 0.780. The Morgan fingerprint density at radius 3 is 2.75 bits per heavy atom. The van der Waals surface area contributed by atoms with E-state index in [1.54, 1.807) is 30.3 Å². The summed E-state index contributed by atoms with van der Waals surface area (Å²) < 4.78 is 18.7. The molecule has 2 aromatic carbocycles. The highest BCUT2D eigenvalue weighted by molar-refractivity contribution is 5.94. The highest BCUT2D eigenvalue weighted by Crippen LogP contribution is 2.15. The van der Waals surface area contributed by atoms with E-state index in [1.807, 2.05) is 13.0 Å². The Balaban J connectivity index is 1.99. The number of hydrogen-bond donors (Lipinski definition) is 2. The van der Waals surface area contributed by atoms with Gasteiger partial charge >= 0.3 is 0 Å². The van der Waals surface area contributed by atoms with E-state index >= 15 is 0 Å². The molecule has 0 aliphatic heterocycles. The zero-order valence-corrected chi connectivity index (χ0v) is 13.7. The SMILES string of the molecule is CCC(CCO)NC(=O)c1cccc(COc2cccc(F)c2)c1. The Labute approximate surface area is 141 Å². The molecule has 0 aliphatic rings. The van der Waals surface area contributed by atoms with Crippen LogP contribution in [0.4, 0.5) is 4.39 Å². The molecule has 0 saturated heterocycles. The number of aliphatic hydroxyl groups is 1. The number of carbonyl (C=O) groups is 1. The molecule has 0 aliphatic carbocycles. The van der Waals surface area contributed by atoms with Crippen molar-refractivity contribution in [3.8, 4) is 5.75 Å². The smallest absolute Gasteiger partial charge is 0.251 e. The van der Waals surface area contributed by atoms with Gasteiger partial charge in [-0.3, -0.25) is 4.79 Å². The molecule has 0 aromatic heterocycles. The fourth-order valence-electron chi connectivity index (χ4n) is 2.33. The molecule has 24 heavy (non-hydrogen) atoms. The van der Waals surface area contributed by atoms with Gasteiger partial charge < -0.3 is 15.2 Å². The third-order valence-corrected chi connectivity index (χ3v) is 3.70.